The lowest BCUT2D eigenvalue weighted by Gasteiger charge is -2.16. The van der Waals surface area contributed by atoms with Gasteiger partial charge in [0.15, 0.2) is 0 Å². The van der Waals surface area contributed by atoms with E-state index < -0.39 is 0 Å². The Morgan fingerprint density at radius 1 is 1.00 bits per heavy atom. The molecule has 2 aromatic carbocycles. The Bertz CT molecular complexity index is 667. The van der Waals surface area contributed by atoms with E-state index in [-0.39, 0.29) is 0 Å². The largest absolute Gasteiger partial charge is 0.469 e. The van der Waals surface area contributed by atoms with Crippen LogP contribution in [0.5, 0.6) is 0 Å². The van der Waals surface area contributed by atoms with Crippen LogP contribution in [0.4, 0.5) is 0 Å². The zero-order chi connectivity index (χ0) is 13.8. The summed E-state index contributed by atoms with van der Waals surface area (Å²) in [7, 11) is 0. The third-order valence-corrected chi connectivity index (χ3v) is 3.69. The fourth-order valence-electron chi connectivity index (χ4n) is 2.60. The summed E-state index contributed by atoms with van der Waals surface area (Å²) in [5, 5.41) is 6.19. The molecule has 2 nitrogen and oxygen atoms in total. The predicted molar refractivity (Wildman–Crippen MR) is 82.8 cm³/mol. The van der Waals surface area contributed by atoms with Crippen LogP contribution in [0.15, 0.2) is 65.3 Å². The standard InChI is InChI=1S/C18H19NO/c1-14(19-12-11-16-8-5-13-20-16)17-10-4-7-15-6-2-3-9-18(15)17/h2-10,13-14,19H,11-12H2,1H3. The maximum absolute atomic E-state index is 5.35. The molecule has 0 saturated heterocycles. The van der Waals surface area contributed by atoms with E-state index in [0.29, 0.717) is 6.04 Å². The van der Waals surface area contributed by atoms with Crippen molar-refractivity contribution in [2.45, 2.75) is 19.4 Å². The molecule has 0 bridgehead atoms. The molecule has 102 valence electrons. The average Bonchev–Trinajstić information content (AvgIpc) is 3.00. The van der Waals surface area contributed by atoms with Crippen molar-refractivity contribution in [2.75, 3.05) is 6.54 Å². The van der Waals surface area contributed by atoms with E-state index in [2.05, 4.69) is 54.7 Å². The van der Waals surface area contributed by atoms with E-state index in [1.807, 2.05) is 12.1 Å². The summed E-state index contributed by atoms with van der Waals surface area (Å²) in [6.45, 7) is 3.13. The van der Waals surface area contributed by atoms with E-state index in [1.165, 1.54) is 16.3 Å². The van der Waals surface area contributed by atoms with Crippen LogP contribution in [0.3, 0.4) is 0 Å². The molecular formula is C18H19NO. The first-order chi connectivity index (χ1) is 9.84. The van der Waals surface area contributed by atoms with E-state index in [4.69, 9.17) is 4.42 Å². The van der Waals surface area contributed by atoms with Crippen molar-refractivity contribution in [1.82, 2.24) is 5.32 Å². The number of benzene rings is 2. The summed E-state index contributed by atoms with van der Waals surface area (Å²) in [6, 6.07) is 19.3. The highest BCUT2D eigenvalue weighted by atomic mass is 16.3. The van der Waals surface area contributed by atoms with Crippen LogP contribution in [-0.2, 0) is 6.42 Å². The van der Waals surface area contributed by atoms with Crippen molar-refractivity contribution in [3.05, 3.63) is 72.2 Å². The van der Waals surface area contributed by atoms with Crippen LogP contribution in [0.1, 0.15) is 24.3 Å². The van der Waals surface area contributed by atoms with Crippen LogP contribution in [0.2, 0.25) is 0 Å². The monoisotopic (exact) mass is 265 g/mol. The zero-order valence-electron chi connectivity index (χ0n) is 11.7. The molecule has 3 aromatic rings. The molecule has 0 fully saturated rings. The second-order valence-electron chi connectivity index (χ2n) is 5.07. The lowest BCUT2D eigenvalue weighted by atomic mass is 9.99. The maximum Gasteiger partial charge on any atom is 0.105 e. The molecule has 20 heavy (non-hydrogen) atoms. The third-order valence-electron chi connectivity index (χ3n) is 3.69. The SMILES string of the molecule is CC(NCCc1ccco1)c1cccc2ccccc12. The van der Waals surface area contributed by atoms with Gasteiger partial charge in [-0.3, -0.25) is 0 Å². The number of fused-ring (bicyclic) bond motifs is 1. The van der Waals surface area contributed by atoms with Gasteiger partial charge in [0.2, 0.25) is 0 Å². The Labute approximate surface area is 119 Å². The van der Waals surface area contributed by atoms with Gasteiger partial charge in [-0.1, -0.05) is 42.5 Å². The Balaban J connectivity index is 1.70. The fraction of sp³-hybridized carbons (Fsp3) is 0.222. The number of hydrogen-bond acceptors (Lipinski definition) is 2. The summed E-state index contributed by atoms with van der Waals surface area (Å²) < 4.78 is 5.35. The Hall–Kier alpha value is -2.06. The Kier molecular flexibility index (Phi) is 3.84. The molecule has 0 aliphatic rings. The summed E-state index contributed by atoms with van der Waals surface area (Å²) in [5.74, 6) is 1.03. The first-order valence-electron chi connectivity index (χ1n) is 7.08. The molecule has 3 rings (SSSR count). The van der Waals surface area contributed by atoms with Crippen molar-refractivity contribution in [2.24, 2.45) is 0 Å². The lowest BCUT2D eigenvalue weighted by molar-refractivity contribution is 0.486. The highest BCUT2D eigenvalue weighted by molar-refractivity contribution is 5.86. The van der Waals surface area contributed by atoms with Crippen molar-refractivity contribution in [3.8, 4) is 0 Å². The van der Waals surface area contributed by atoms with E-state index in [0.717, 1.165) is 18.7 Å². The van der Waals surface area contributed by atoms with Crippen molar-refractivity contribution >= 4 is 10.8 Å². The minimum atomic E-state index is 0.330. The Morgan fingerprint density at radius 2 is 1.85 bits per heavy atom. The second-order valence-corrected chi connectivity index (χ2v) is 5.07. The molecule has 0 radical (unpaired) electrons. The molecule has 1 heterocycles. The summed E-state index contributed by atoms with van der Waals surface area (Å²) >= 11 is 0. The smallest absolute Gasteiger partial charge is 0.105 e. The summed E-state index contributed by atoms with van der Waals surface area (Å²) in [4.78, 5) is 0. The van der Waals surface area contributed by atoms with Crippen LogP contribution in [0.25, 0.3) is 10.8 Å². The van der Waals surface area contributed by atoms with Gasteiger partial charge in [0.1, 0.15) is 5.76 Å². The van der Waals surface area contributed by atoms with Gasteiger partial charge in [-0.05, 0) is 35.4 Å². The number of hydrogen-bond donors (Lipinski definition) is 1. The molecule has 1 N–H and O–H groups in total. The fourth-order valence-corrected chi connectivity index (χ4v) is 2.60. The van der Waals surface area contributed by atoms with Gasteiger partial charge in [0, 0.05) is 19.0 Å². The molecule has 1 aromatic heterocycles. The first-order valence-corrected chi connectivity index (χ1v) is 7.08. The van der Waals surface area contributed by atoms with Gasteiger partial charge >= 0.3 is 0 Å². The molecule has 0 saturated carbocycles. The molecule has 0 aliphatic carbocycles. The van der Waals surface area contributed by atoms with Gasteiger partial charge in [-0.15, -0.1) is 0 Å². The molecule has 1 unspecified atom stereocenters. The molecule has 0 amide bonds. The van der Waals surface area contributed by atoms with Crippen LogP contribution in [-0.4, -0.2) is 6.54 Å². The van der Waals surface area contributed by atoms with Gasteiger partial charge in [-0.25, -0.2) is 0 Å². The van der Waals surface area contributed by atoms with Crippen LogP contribution in [0, 0.1) is 0 Å². The van der Waals surface area contributed by atoms with Gasteiger partial charge in [0.25, 0.3) is 0 Å². The highest BCUT2D eigenvalue weighted by Crippen LogP contribution is 2.23. The molecule has 0 aliphatic heterocycles. The quantitative estimate of drug-likeness (QED) is 0.743. The van der Waals surface area contributed by atoms with Crippen molar-refractivity contribution < 1.29 is 4.42 Å². The topological polar surface area (TPSA) is 25.2 Å². The van der Waals surface area contributed by atoms with Gasteiger partial charge in [-0.2, -0.15) is 0 Å². The van der Waals surface area contributed by atoms with Crippen LogP contribution >= 0.6 is 0 Å². The van der Waals surface area contributed by atoms with E-state index >= 15 is 0 Å². The number of nitrogens with one attached hydrogen (secondary N) is 1. The third kappa shape index (κ3) is 2.75. The minimum absolute atomic E-state index is 0.330. The number of rotatable bonds is 5. The zero-order valence-corrected chi connectivity index (χ0v) is 11.7. The van der Waals surface area contributed by atoms with E-state index in [1.54, 1.807) is 6.26 Å². The van der Waals surface area contributed by atoms with Gasteiger partial charge in [0.05, 0.1) is 6.26 Å². The molecule has 1 atom stereocenters. The van der Waals surface area contributed by atoms with Crippen molar-refractivity contribution in [3.63, 3.8) is 0 Å². The number of furan rings is 1. The van der Waals surface area contributed by atoms with Crippen LogP contribution < -0.4 is 5.32 Å². The average molecular weight is 265 g/mol. The normalized spacial score (nSPS) is 12.7. The minimum Gasteiger partial charge on any atom is -0.469 e. The molecule has 2 heteroatoms. The molecule has 0 spiro atoms. The lowest BCUT2D eigenvalue weighted by Crippen LogP contribution is -2.21. The first kappa shape index (κ1) is 12.9. The Morgan fingerprint density at radius 3 is 2.70 bits per heavy atom. The van der Waals surface area contributed by atoms with E-state index in [9.17, 15) is 0 Å². The predicted octanol–water partition coefficient (Wildman–Crippen LogP) is 4.33. The maximum atomic E-state index is 5.35. The van der Waals surface area contributed by atoms with Gasteiger partial charge < -0.3 is 9.73 Å². The highest BCUT2D eigenvalue weighted by Gasteiger charge is 2.08. The van der Waals surface area contributed by atoms with Crippen molar-refractivity contribution in [1.29, 1.82) is 0 Å². The summed E-state index contributed by atoms with van der Waals surface area (Å²) in [6.07, 6.45) is 2.64. The summed E-state index contributed by atoms with van der Waals surface area (Å²) in [5.41, 5.74) is 1.35. The second kappa shape index (κ2) is 5.93. The molecular weight excluding hydrogens is 246 g/mol.